The number of hydrogen-bond donors (Lipinski definition) is 2. The molecule has 1 aliphatic carbocycles. The summed E-state index contributed by atoms with van der Waals surface area (Å²) < 4.78 is 21.1. The Morgan fingerprint density at radius 3 is 2.86 bits per heavy atom. The molecule has 2 aromatic heterocycles. The number of likely N-dealkylation sites (N-methyl/N-ethyl adjacent to an activating group) is 1. The second-order valence-electron chi connectivity index (χ2n) is 9.30. The zero-order chi connectivity index (χ0) is 24.5. The van der Waals surface area contributed by atoms with Crippen LogP contribution in [0.3, 0.4) is 0 Å². The van der Waals surface area contributed by atoms with Gasteiger partial charge in [-0.05, 0) is 58.5 Å². The molecule has 1 fully saturated rings. The number of hydrogen-bond acceptors (Lipinski definition) is 7. The number of aromatic amines is 1. The third kappa shape index (κ3) is 4.90. The van der Waals surface area contributed by atoms with E-state index in [1.165, 1.54) is 0 Å². The minimum absolute atomic E-state index is 0.0834. The molecule has 0 radical (unpaired) electrons. The van der Waals surface area contributed by atoms with Crippen molar-refractivity contribution >= 4 is 29.6 Å². The number of anilines is 3. The highest BCUT2D eigenvalue weighted by molar-refractivity contribution is 5.66. The molecule has 1 aliphatic heterocycles. The Morgan fingerprint density at radius 1 is 1.23 bits per heavy atom. The van der Waals surface area contributed by atoms with Crippen molar-refractivity contribution in [2.24, 2.45) is 0 Å². The largest absolute Gasteiger partial charge is 0.421 e. The molecule has 1 atom stereocenters. The van der Waals surface area contributed by atoms with Gasteiger partial charge in [0, 0.05) is 36.8 Å². The topological polar surface area (TPSA) is 82.2 Å². The molecule has 1 saturated heterocycles. The quantitative estimate of drug-likeness (QED) is 0.497. The first kappa shape index (κ1) is 23.0. The lowest BCUT2D eigenvalue weighted by atomic mass is 10.1. The van der Waals surface area contributed by atoms with Gasteiger partial charge in [-0.2, -0.15) is 15.1 Å². The summed E-state index contributed by atoms with van der Waals surface area (Å²) >= 11 is 0. The summed E-state index contributed by atoms with van der Waals surface area (Å²) in [6.45, 7) is 5.65. The first-order valence-electron chi connectivity index (χ1n) is 11.8. The number of nitrogens with one attached hydrogen (secondary N) is 2. The Balaban J connectivity index is 1.46. The number of benzene rings is 1. The van der Waals surface area contributed by atoms with Crippen molar-refractivity contribution in [3.63, 3.8) is 0 Å². The summed E-state index contributed by atoms with van der Waals surface area (Å²) in [7, 11) is 4.17. The molecule has 1 unspecified atom stereocenters. The van der Waals surface area contributed by atoms with Crippen LogP contribution in [0.5, 0.6) is 11.8 Å². The van der Waals surface area contributed by atoms with Crippen LogP contribution in [0, 0.1) is 5.82 Å². The second kappa shape index (κ2) is 9.50. The van der Waals surface area contributed by atoms with Crippen molar-refractivity contribution in [1.29, 1.82) is 0 Å². The van der Waals surface area contributed by atoms with Crippen molar-refractivity contribution in [2.75, 3.05) is 37.4 Å². The van der Waals surface area contributed by atoms with Crippen LogP contribution in [0.2, 0.25) is 0 Å². The highest BCUT2D eigenvalue weighted by Crippen LogP contribution is 2.34. The fourth-order valence-corrected chi connectivity index (χ4v) is 4.55. The molecular formula is C26H30FN7O. The van der Waals surface area contributed by atoms with Gasteiger partial charge >= 0.3 is 6.01 Å². The van der Waals surface area contributed by atoms with Crippen LogP contribution in [0.4, 0.5) is 21.8 Å². The predicted molar refractivity (Wildman–Crippen MR) is 137 cm³/mol. The van der Waals surface area contributed by atoms with Crippen molar-refractivity contribution in [3.05, 3.63) is 58.6 Å². The number of fused-ring (bicyclic) bond motifs is 1. The number of nitrogens with zero attached hydrogens (tertiary/aromatic N) is 5. The van der Waals surface area contributed by atoms with Crippen molar-refractivity contribution in [2.45, 2.75) is 32.7 Å². The van der Waals surface area contributed by atoms with E-state index in [9.17, 15) is 0 Å². The zero-order valence-corrected chi connectivity index (χ0v) is 20.5. The number of rotatable bonds is 7. The second-order valence-corrected chi connectivity index (χ2v) is 9.30. The van der Waals surface area contributed by atoms with Gasteiger partial charge in [-0.3, -0.25) is 5.10 Å². The molecule has 5 rings (SSSR count). The molecule has 0 saturated carbocycles. The SMILES string of the molecule is C/C=C/c1cc(Nc2cc(N3CCC(N(C)C)C3)nc(Oc3ccc4c(c3F)C=C(C)C4)n2)n[nH]1. The molecule has 2 N–H and O–H groups in total. The monoisotopic (exact) mass is 475 g/mol. The molecule has 8 nitrogen and oxygen atoms in total. The van der Waals surface area contributed by atoms with Gasteiger partial charge < -0.3 is 19.9 Å². The normalized spacial score (nSPS) is 17.4. The predicted octanol–water partition coefficient (Wildman–Crippen LogP) is 5.01. The maximum atomic E-state index is 15.2. The Labute approximate surface area is 204 Å². The van der Waals surface area contributed by atoms with E-state index in [1.54, 1.807) is 6.07 Å². The van der Waals surface area contributed by atoms with E-state index in [4.69, 9.17) is 4.74 Å². The minimum atomic E-state index is -0.389. The van der Waals surface area contributed by atoms with Crippen molar-refractivity contribution < 1.29 is 9.13 Å². The molecule has 3 heterocycles. The summed E-state index contributed by atoms with van der Waals surface area (Å²) in [6, 6.07) is 7.83. The Kier molecular flexibility index (Phi) is 6.25. The smallest absolute Gasteiger partial charge is 0.326 e. The van der Waals surface area contributed by atoms with E-state index >= 15 is 4.39 Å². The van der Waals surface area contributed by atoms with Gasteiger partial charge in [-0.25, -0.2) is 4.39 Å². The van der Waals surface area contributed by atoms with Gasteiger partial charge in [0.1, 0.15) is 11.6 Å². The van der Waals surface area contributed by atoms with E-state index in [1.807, 2.05) is 50.3 Å². The molecule has 182 valence electrons. The van der Waals surface area contributed by atoms with E-state index in [2.05, 4.69) is 49.4 Å². The Bertz CT molecular complexity index is 1300. The number of H-pyrrole nitrogens is 1. The lowest BCUT2D eigenvalue weighted by Crippen LogP contribution is -2.31. The third-order valence-corrected chi connectivity index (χ3v) is 6.41. The molecule has 35 heavy (non-hydrogen) atoms. The maximum absolute atomic E-state index is 15.2. The minimum Gasteiger partial charge on any atom is -0.421 e. The molecule has 0 bridgehead atoms. The lowest BCUT2D eigenvalue weighted by Gasteiger charge is -2.21. The zero-order valence-electron chi connectivity index (χ0n) is 20.5. The van der Waals surface area contributed by atoms with Crippen LogP contribution in [-0.4, -0.2) is 58.3 Å². The highest BCUT2D eigenvalue weighted by Gasteiger charge is 2.26. The number of aromatic nitrogens is 4. The van der Waals surface area contributed by atoms with Crippen molar-refractivity contribution in [3.8, 4) is 11.8 Å². The van der Waals surface area contributed by atoms with Gasteiger partial charge in [-0.1, -0.05) is 23.8 Å². The average Bonchev–Trinajstić information content (AvgIpc) is 3.56. The van der Waals surface area contributed by atoms with Gasteiger partial charge in [0.05, 0.1) is 5.69 Å². The molecular weight excluding hydrogens is 445 g/mol. The summed E-state index contributed by atoms with van der Waals surface area (Å²) in [5.41, 5.74) is 3.54. The van der Waals surface area contributed by atoms with Crippen LogP contribution in [0.15, 0.2) is 35.9 Å². The Morgan fingerprint density at radius 2 is 2.09 bits per heavy atom. The summed E-state index contributed by atoms with van der Waals surface area (Å²) in [6.07, 6.45) is 7.52. The first-order valence-corrected chi connectivity index (χ1v) is 11.8. The highest BCUT2D eigenvalue weighted by atomic mass is 19.1. The molecule has 1 aromatic carbocycles. The van der Waals surface area contributed by atoms with E-state index in [0.717, 1.165) is 48.6 Å². The summed E-state index contributed by atoms with van der Waals surface area (Å²) in [4.78, 5) is 13.6. The number of ether oxygens (including phenoxy) is 1. The molecule has 9 heteroatoms. The van der Waals surface area contributed by atoms with Crippen LogP contribution in [-0.2, 0) is 6.42 Å². The van der Waals surface area contributed by atoms with E-state index in [-0.39, 0.29) is 17.6 Å². The number of allylic oxidation sites excluding steroid dienone is 2. The standard InChI is InChI=1S/C26H30FN7O/c1-5-6-18-13-23(32-31-18)28-22-14-24(34-10-9-19(15-34)33(3)4)30-26(29-22)35-21-8-7-17-11-16(2)12-20(17)25(21)27/h5-8,12-14,19H,9-11,15H2,1-4H3,(H2,28,29,30,31,32)/b6-5+. The molecule has 2 aliphatic rings. The van der Waals surface area contributed by atoms with E-state index < -0.39 is 0 Å². The van der Waals surface area contributed by atoms with E-state index in [0.29, 0.717) is 23.2 Å². The van der Waals surface area contributed by atoms with Crippen LogP contribution >= 0.6 is 0 Å². The van der Waals surface area contributed by atoms with Gasteiger partial charge in [0.15, 0.2) is 17.4 Å². The van der Waals surface area contributed by atoms with Crippen LogP contribution in [0.1, 0.15) is 37.1 Å². The van der Waals surface area contributed by atoms with Crippen molar-refractivity contribution in [1.82, 2.24) is 25.1 Å². The lowest BCUT2D eigenvalue weighted by molar-refractivity contribution is 0.315. The van der Waals surface area contributed by atoms with Gasteiger partial charge in [0.25, 0.3) is 0 Å². The van der Waals surface area contributed by atoms with Gasteiger partial charge in [-0.15, -0.1) is 0 Å². The van der Waals surface area contributed by atoms with Crippen LogP contribution < -0.4 is 15.0 Å². The first-order chi connectivity index (χ1) is 16.9. The van der Waals surface area contributed by atoms with Crippen LogP contribution in [0.25, 0.3) is 12.2 Å². The summed E-state index contributed by atoms with van der Waals surface area (Å²) in [5.74, 6) is 1.59. The molecule has 0 spiro atoms. The number of halogens is 1. The third-order valence-electron chi connectivity index (χ3n) is 6.41. The van der Waals surface area contributed by atoms with Gasteiger partial charge in [0.2, 0.25) is 0 Å². The summed E-state index contributed by atoms with van der Waals surface area (Å²) in [5, 5.41) is 10.5. The maximum Gasteiger partial charge on any atom is 0.326 e. The average molecular weight is 476 g/mol. The fraction of sp³-hybridized carbons (Fsp3) is 0.346. The Hall–Kier alpha value is -3.72. The fourth-order valence-electron chi connectivity index (χ4n) is 4.55. The molecule has 0 amide bonds. The molecule has 3 aromatic rings.